The number of rotatable bonds is 5. The van der Waals surface area contributed by atoms with E-state index < -0.39 is 5.54 Å². The van der Waals surface area contributed by atoms with Gasteiger partial charge in [0.15, 0.2) is 5.96 Å². The summed E-state index contributed by atoms with van der Waals surface area (Å²) in [6.45, 7) is 14.7. The molecule has 0 aromatic rings. The van der Waals surface area contributed by atoms with Crippen LogP contribution in [0, 0.1) is 5.41 Å². The minimum atomic E-state index is -0.601. The van der Waals surface area contributed by atoms with Crippen LogP contribution in [0.4, 0.5) is 0 Å². The Morgan fingerprint density at radius 2 is 1.96 bits per heavy atom. The Balaban J connectivity index is 0.00000312. The second-order valence-electron chi connectivity index (χ2n) is 7.68. The lowest BCUT2D eigenvalue weighted by atomic mass is 9.90. The van der Waals surface area contributed by atoms with Crippen LogP contribution in [0.5, 0.6) is 0 Å². The van der Waals surface area contributed by atoms with Crippen molar-refractivity contribution in [3.8, 4) is 0 Å². The van der Waals surface area contributed by atoms with Crippen LogP contribution in [0.15, 0.2) is 4.99 Å². The number of aliphatic imine (C=N–C) groups is 1. The lowest BCUT2D eigenvalue weighted by molar-refractivity contribution is -0.129. The largest absolute Gasteiger partial charge is 0.381 e. The van der Waals surface area contributed by atoms with Gasteiger partial charge < -0.3 is 20.7 Å². The van der Waals surface area contributed by atoms with Crippen LogP contribution in [0.3, 0.4) is 0 Å². The number of nitrogens with one attached hydrogen (secondary N) is 1. The number of primary amides is 1. The highest BCUT2D eigenvalue weighted by Crippen LogP contribution is 2.28. The Morgan fingerprint density at radius 1 is 1.32 bits per heavy atom. The highest BCUT2D eigenvalue weighted by Gasteiger charge is 2.35. The summed E-state index contributed by atoms with van der Waals surface area (Å²) >= 11 is 0. The number of carbonyl (C=O) groups is 1. The van der Waals surface area contributed by atoms with Crippen LogP contribution >= 0.6 is 24.0 Å². The highest BCUT2D eigenvalue weighted by molar-refractivity contribution is 14.0. The van der Waals surface area contributed by atoms with E-state index in [2.05, 4.69) is 29.0 Å². The standard InChI is InChI=1S/C17H33N5O2.HI/c1-5-19-15(20-12-17(4)6-11-24-13-17)21-7-9-22(10-8-21)16(2,3)14(18)23;/h5-13H2,1-4H3,(H2,18,23)(H,19,20);1H. The molecule has 0 radical (unpaired) electrons. The maximum absolute atomic E-state index is 11.6. The zero-order chi connectivity index (χ0) is 17.8. The van der Waals surface area contributed by atoms with Gasteiger partial charge in [-0.3, -0.25) is 14.7 Å². The van der Waals surface area contributed by atoms with Gasteiger partial charge in [-0.1, -0.05) is 6.92 Å². The minimum Gasteiger partial charge on any atom is -0.381 e. The molecule has 8 heteroatoms. The zero-order valence-corrected chi connectivity index (χ0v) is 18.3. The van der Waals surface area contributed by atoms with E-state index in [1.807, 2.05) is 13.8 Å². The van der Waals surface area contributed by atoms with Crippen molar-refractivity contribution in [2.24, 2.45) is 16.1 Å². The maximum atomic E-state index is 11.6. The molecule has 1 amide bonds. The third-order valence-corrected chi connectivity index (χ3v) is 5.22. The van der Waals surface area contributed by atoms with Gasteiger partial charge in [0, 0.05) is 44.7 Å². The number of amides is 1. The summed E-state index contributed by atoms with van der Waals surface area (Å²) < 4.78 is 5.52. The van der Waals surface area contributed by atoms with Crippen LogP contribution in [0.25, 0.3) is 0 Å². The van der Waals surface area contributed by atoms with E-state index >= 15 is 0 Å². The number of hydrogen-bond donors (Lipinski definition) is 2. The third kappa shape index (κ3) is 5.68. The quantitative estimate of drug-likeness (QED) is 0.357. The Morgan fingerprint density at radius 3 is 2.44 bits per heavy atom. The molecule has 7 nitrogen and oxygen atoms in total. The van der Waals surface area contributed by atoms with Crippen LogP contribution in [-0.2, 0) is 9.53 Å². The summed E-state index contributed by atoms with van der Waals surface area (Å²) in [7, 11) is 0. The molecule has 0 spiro atoms. The van der Waals surface area contributed by atoms with E-state index in [1.165, 1.54) is 0 Å². The van der Waals surface area contributed by atoms with Crippen molar-refractivity contribution in [3.63, 3.8) is 0 Å². The number of carbonyl (C=O) groups excluding carboxylic acids is 1. The predicted octanol–water partition coefficient (Wildman–Crippen LogP) is 0.878. The molecule has 0 saturated carbocycles. The summed E-state index contributed by atoms with van der Waals surface area (Å²) in [5.74, 6) is 0.688. The number of halogens is 1. The molecule has 1 unspecified atom stereocenters. The first-order valence-corrected chi connectivity index (χ1v) is 8.94. The van der Waals surface area contributed by atoms with Crippen molar-refractivity contribution >= 4 is 35.8 Å². The number of piperazine rings is 1. The summed E-state index contributed by atoms with van der Waals surface area (Å²) in [4.78, 5) is 20.9. The van der Waals surface area contributed by atoms with Gasteiger partial charge in [-0.25, -0.2) is 0 Å². The minimum absolute atomic E-state index is 0. The highest BCUT2D eigenvalue weighted by atomic mass is 127. The SMILES string of the molecule is CCNC(=NCC1(C)CCOC1)N1CCN(C(C)(C)C(N)=O)CC1.I. The van der Waals surface area contributed by atoms with Crippen molar-refractivity contribution < 1.29 is 9.53 Å². The monoisotopic (exact) mass is 467 g/mol. The van der Waals surface area contributed by atoms with Crippen LogP contribution in [-0.4, -0.2) is 79.7 Å². The molecule has 0 aromatic carbocycles. The lowest BCUT2D eigenvalue weighted by Crippen LogP contribution is -2.61. The third-order valence-electron chi connectivity index (χ3n) is 5.22. The van der Waals surface area contributed by atoms with E-state index in [9.17, 15) is 4.79 Å². The van der Waals surface area contributed by atoms with Gasteiger partial charge >= 0.3 is 0 Å². The molecule has 25 heavy (non-hydrogen) atoms. The zero-order valence-electron chi connectivity index (χ0n) is 16.0. The first-order valence-electron chi connectivity index (χ1n) is 8.94. The van der Waals surface area contributed by atoms with Crippen LogP contribution in [0.1, 0.15) is 34.1 Å². The molecule has 146 valence electrons. The predicted molar refractivity (Wildman–Crippen MR) is 111 cm³/mol. The first kappa shape index (κ1) is 22.4. The first-order chi connectivity index (χ1) is 11.3. The fourth-order valence-corrected chi connectivity index (χ4v) is 3.16. The Labute approximate surface area is 168 Å². The number of ether oxygens (including phenoxy) is 1. The molecule has 0 bridgehead atoms. The fourth-order valence-electron chi connectivity index (χ4n) is 3.16. The molecule has 2 fully saturated rings. The van der Waals surface area contributed by atoms with E-state index in [0.717, 1.165) is 64.9 Å². The summed E-state index contributed by atoms with van der Waals surface area (Å²) in [6.07, 6.45) is 1.07. The Hall–Kier alpha value is -0.610. The molecular formula is C17H34IN5O2. The molecule has 1 atom stereocenters. The normalized spacial score (nSPS) is 25.6. The van der Waals surface area contributed by atoms with Crippen molar-refractivity contribution in [2.75, 3.05) is 52.5 Å². The second-order valence-corrected chi connectivity index (χ2v) is 7.68. The number of guanidine groups is 1. The average Bonchev–Trinajstić information content (AvgIpc) is 2.98. The van der Waals surface area contributed by atoms with Crippen molar-refractivity contribution in [1.82, 2.24) is 15.1 Å². The summed E-state index contributed by atoms with van der Waals surface area (Å²) in [6, 6.07) is 0. The Kier molecular flexibility index (Phi) is 8.40. The van der Waals surface area contributed by atoms with Gasteiger partial charge in [0.05, 0.1) is 18.7 Å². The van der Waals surface area contributed by atoms with E-state index in [-0.39, 0.29) is 35.3 Å². The van der Waals surface area contributed by atoms with Gasteiger partial charge in [0.25, 0.3) is 0 Å². The van der Waals surface area contributed by atoms with Crippen LogP contribution in [0.2, 0.25) is 0 Å². The molecule has 2 aliphatic heterocycles. The van der Waals surface area contributed by atoms with Crippen molar-refractivity contribution in [3.05, 3.63) is 0 Å². The topological polar surface area (TPSA) is 83.2 Å². The summed E-state index contributed by atoms with van der Waals surface area (Å²) in [5, 5.41) is 3.39. The Bertz CT molecular complexity index is 470. The maximum Gasteiger partial charge on any atom is 0.237 e. The molecule has 3 N–H and O–H groups in total. The molecular weight excluding hydrogens is 433 g/mol. The van der Waals surface area contributed by atoms with Gasteiger partial charge in [-0.2, -0.15) is 0 Å². The molecule has 2 aliphatic rings. The molecule has 2 heterocycles. The number of nitrogens with two attached hydrogens (primary N) is 1. The van der Waals surface area contributed by atoms with Crippen LogP contribution < -0.4 is 11.1 Å². The number of hydrogen-bond acceptors (Lipinski definition) is 4. The van der Waals surface area contributed by atoms with Crippen molar-refractivity contribution in [2.45, 2.75) is 39.7 Å². The fraction of sp³-hybridized carbons (Fsp3) is 0.882. The van der Waals surface area contributed by atoms with Gasteiger partial charge in [-0.15, -0.1) is 24.0 Å². The van der Waals surface area contributed by atoms with E-state index in [0.29, 0.717) is 0 Å². The van der Waals surface area contributed by atoms with E-state index in [4.69, 9.17) is 15.5 Å². The van der Waals surface area contributed by atoms with Gasteiger partial charge in [-0.05, 0) is 27.2 Å². The molecule has 0 aliphatic carbocycles. The molecule has 2 rings (SSSR count). The van der Waals surface area contributed by atoms with Gasteiger partial charge in [0.2, 0.25) is 5.91 Å². The second kappa shape index (κ2) is 9.36. The van der Waals surface area contributed by atoms with E-state index in [1.54, 1.807) is 0 Å². The summed E-state index contributed by atoms with van der Waals surface area (Å²) in [5.41, 5.74) is 5.08. The molecule has 2 saturated heterocycles. The number of nitrogens with zero attached hydrogens (tertiary/aromatic N) is 3. The lowest BCUT2D eigenvalue weighted by Gasteiger charge is -2.43. The van der Waals surface area contributed by atoms with Crippen molar-refractivity contribution in [1.29, 1.82) is 0 Å². The van der Waals surface area contributed by atoms with Gasteiger partial charge in [0.1, 0.15) is 0 Å². The average molecular weight is 467 g/mol. The molecule has 0 aromatic heterocycles. The smallest absolute Gasteiger partial charge is 0.237 e.